The van der Waals surface area contributed by atoms with Gasteiger partial charge in [0.15, 0.2) is 0 Å². The first-order chi connectivity index (χ1) is 9.75. The Morgan fingerprint density at radius 2 is 1.90 bits per heavy atom. The molecular formula is C16H18N2O2. The number of nitrogens with one attached hydrogen (secondary N) is 1. The van der Waals surface area contributed by atoms with E-state index in [4.69, 9.17) is 9.72 Å². The van der Waals surface area contributed by atoms with E-state index in [9.17, 15) is 4.79 Å². The molecule has 1 aliphatic heterocycles. The molecule has 20 heavy (non-hydrogen) atoms. The second kappa shape index (κ2) is 5.59. The minimum atomic E-state index is -0.0413. The third kappa shape index (κ3) is 2.51. The highest BCUT2D eigenvalue weighted by Crippen LogP contribution is 2.26. The van der Waals surface area contributed by atoms with Crippen molar-refractivity contribution in [3.8, 4) is 11.3 Å². The van der Waals surface area contributed by atoms with E-state index in [0.29, 0.717) is 11.5 Å². The van der Waals surface area contributed by atoms with Gasteiger partial charge in [0, 0.05) is 30.3 Å². The Kier molecular flexibility index (Phi) is 3.65. The van der Waals surface area contributed by atoms with Gasteiger partial charge < -0.3 is 9.72 Å². The Morgan fingerprint density at radius 3 is 2.60 bits per heavy atom. The Morgan fingerprint density at radius 1 is 1.20 bits per heavy atom. The third-order valence-corrected chi connectivity index (χ3v) is 3.82. The van der Waals surface area contributed by atoms with E-state index in [1.54, 1.807) is 0 Å². The highest BCUT2D eigenvalue weighted by atomic mass is 16.5. The number of H-pyrrole nitrogens is 1. The second-order valence-corrected chi connectivity index (χ2v) is 5.18. The molecule has 4 nitrogen and oxygen atoms in total. The SMILES string of the molecule is Cc1c(-c2ccccc2)nc(C2CCOCC2)[nH]c1=O. The minimum Gasteiger partial charge on any atom is -0.381 e. The standard InChI is InChI=1S/C16H18N2O2/c1-11-14(12-5-3-2-4-6-12)17-15(18-16(11)19)13-7-9-20-10-8-13/h2-6,13H,7-10H2,1H3,(H,17,18,19). The lowest BCUT2D eigenvalue weighted by molar-refractivity contribution is 0.0835. The van der Waals surface area contributed by atoms with Crippen LogP contribution in [0.3, 0.4) is 0 Å². The Hall–Kier alpha value is -1.94. The van der Waals surface area contributed by atoms with Gasteiger partial charge in [0.2, 0.25) is 0 Å². The highest BCUT2D eigenvalue weighted by molar-refractivity contribution is 5.62. The molecule has 0 amide bonds. The number of aromatic nitrogens is 2. The normalized spacial score (nSPS) is 16.2. The van der Waals surface area contributed by atoms with Crippen molar-refractivity contribution in [3.05, 3.63) is 52.1 Å². The van der Waals surface area contributed by atoms with Crippen molar-refractivity contribution in [2.24, 2.45) is 0 Å². The quantitative estimate of drug-likeness (QED) is 0.912. The minimum absolute atomic E-state index is 0.0413. The van der Waals surface area contributed by atoms with Crippen LogP contribution in [0.4, 0.5) is 0 Å². The maximum Gasteiger partial charge on any atom is 0.254 e. The molecule has 0 bridgehead atoms. The number of benzene rings is 1. The van der Waals surface area contributed by atoms with Crippen molar-refractivity contribution in [2.45, 2.75) is 25.7 Å². The summed E-state index contributed by atoms with van der Waals surface area (Å²) in [6, 6.07) is 9.87. The molecule has 1 aromatic carbocycles. The zero-order valence-electron chi connectivity index (χ0n) is 11.6. The molecule has 0 spiro atoms. The average Bonchev–Trinajstić information content (AvgIpc) is 2.51. The van der Waals surface area contributed by atoms with Gasteiger partial charge in [0.25, 0.3) is 5.56 Å². The topological polar surface area (TPSA) is 55.0 Å². The third-order valence-electron chi connectivity index (χ3n) is 3.82. The first kappa shape index (κ1) is 13.1. The lowest BCUT2D eigenvalue weighted by Crippen LogP contribution is -2.22. The number of hydrogen-bond donors (Lipinski definition) is 1. The first-order valence-electron chi connectivity index (χ1n) is 6.99. The summed E-state index contributed by atoms with van der Waals surface area (Å²) in [6.07, 6.45) is 1.83. The molecule has 1 N–H and O–H groups in total. The fourth-order valence-corrected chi connectivity index (χ4v) is 2.59. The number of hydrogen-bond acceptors (Lipinski definition) is 3. The summed E-state index contributed by atoms with van der Waals surface area (Å²) < 4.78 is 5.37. The molecule has 0 unspecified atom stereocenters. The molecule has 0 radical (unpaired) electrons. The largest absolute Gasteiger partial charge is 0.381 e. The number of rotatable bonds is 2. The van der Waals surface area contributed by atoms with E-state index < -0.39 is 0 Å². The van der Waals surface area contributed by atoms with Crippen molar-refractivity contribution in [2.75, 3.05) is 13.2 Å². The molecule has 1 saturated heterocycles. The van der Waals surface area contributed by atoms with E-state index in [-0.39, 0.29) is 5.56 Å². The summed E-state index contributed by atoms with van der Waals surface area (Å²) in [7, 11) is 0. The van der Waals surface area contributed by atoms with Gasteiger partial charge in [0.1, 0.15) is 5.82 Å². The molecule has 0 aliphatic carbocycles. The van der Waals surface area contributed by atoms with Gasteiger partial charge in [-0.2, -0.15) is 0 Å². The van der Waals surface area contributed by atoms with Gasteiger partial charge in [-0.05, 0) is 19.8 Å². The number of ether oxygens (including phenoxy) is 1. The van der Waals surface area contributed by atoms with Crippen molar-refractivity contribution in [1.82, 2.24) is 9.97 Å². The molecule has 1 aliphatic rings. The van der Waals surface area contributed by atoms with Crippen LogP contribution in [0.1, 0.15) is 30.1 Å². The van der Waals surface area contributed by atoms with Crippen molar-refractivity contribution in [3.63, 3.8) is 0 Å². The summed E-state index contributed by atoms with van der Waals surface area (Å²) in [5.74, 6) is 1.09. The molecule has 2 aromatic rings. The molecule has 4 heteroatoms. The van der Waals surface area contributed by atoms with Crippen molar-refractivity contribution in [1.29, 1.82) is 0 Å². The monoisotopic (exact) mass is 270 g/mol. The zero-order valence-corrected chi connectivity index (χ0v) is 11.6. The van der Waals surface area contributed by atoms with Crippen molar-refractivity contribution < 1.29 is 4.74 Å². The van der Waals surface area contributed by atoms with E-state index >= 15 is 0 Å². The van der Waals surface area contributed by atoms with Crippen molar-refractivity contribution >= 4 is 0 Å². The lowest BCUT2D eigenvalue weighted by Gasteiger charge is -2.21. The molecule has 0 atom stereocenters. The van der Waals surface area contributed by atoms with Gasteiger partial charge >= 0.3 is 0 Å². The molecule has 3 rings (SSSR count). The lowest BCUT2D eigenvalue weighted by atomic mass is 9.98. The van der Waals surface area contributed by atoms with E-state index in [2.05, 4.69) is 4.98 Å². The van der Waals surface area contributed by atoms with Crippen LogP contribution in [0.5, 0.6) is 0 Å². The van der Waals surface area contributed by atoms with E-state index in [1.165, 1.54) is 0 Å². The van der Waals surface area contributed by atoms with E-state index in [1.807, 2.05) is 37.3 Å². The Bertz CT molecular complexity index is 643. The number of aromatic amines is 1. The molecule has 1 fully saturated rings. The van der Waals surface area contributed by atoms with Gasteiger partial charge in [-0.3, -0.25) is 4.79 Å². The molecule has 104 valence electrons. The van der Waals surface area contributed by atoms with Crippen LogP contribution in [0.15, 0.2) is 35.1 Å². The summed E-state index contributed by atoms with van der Waals surface area (Å²) in [5.41, 5.74) is 2.41. The molecule has 2 heterocycles. The van der Waals surface area contributed by atoms with Gasteiger partial charge in [-0.1, -0.05) is 30.3 Å². The summed E-state index contributed by atoms with van der Waals surface area (Å²) in [6.45, 7) is 3.30. The maximum absolute atomic E-state index is 12.1. The molecular weight excluding hydrogens is 252 g/mol. The summed E-state index contributed by atoms with van der Waals surface area (Å²) in [4.78, 5) is 19.8. The molecule has 1 aromatic heterocycles. The van der Waals surface area contributed by atoms with Gasteiger partial charge in [-0.15, -0.1) is 0 Å². The second-order valence-electron chi connectivity index (χ2n) is 5.18. The number of nitrogens with zero attached hydrogens (tertiary/aromatic N) is 1. The van der Waals surface area contributed by atoms with Crippen LogP contribution < -0.4 is 5.56 Å². The van der Waals surface area contributed by atoms with Crippen LogP contribution in [-0.2, 0) is 4.74 Å². The van der Waals surface area contributed by atoms with Gasteiger partial charge in [-0.25, -0.2) is 4.98 Å². The van der Waals surface area contributed by atoms with Gasteiger partial charge in [0.05, 0.1) is 5.69 Å². The van der Waals surface area contributed by atoms with Crippen LogP contribution in [0.2, 0.25) is 0 Å². The fraction of sp³-hybridized carbons (Fsp3) is 0.375. The average molecular weight is 270 g/mol. The smallest absolute Gasteiger partial charge is 0.254 e. The Balaban J connectivity index is 2.06. The first-order valence-corrected chi connectivity index (χ1v) is 6.99. The van der Waals surface area contributed by atoms with Crippen LogP contribution in [0, 0.1) is 6.92 Å². The fourth-order valence-electron chi connectivity index (χ4n) is 2.59. The van der Waals surface area contributed by atoms with Crippen LogP contribution >= 0.6 is 0 Å². The molecule has 0 saturated carbocycles. The van der Waals surface area contributed by atoms with Crippen LogP contribution in [0.25, 0.3) is 11.3 Å². The zero-order chi connectivity index (χ0) is 13.9. The maximum atomic E-state index is 12.1. The summed E-state index contributed by atoms with van der Waals surface area (Å²) in [5, 5.41) is 0. The predicted octanol–water partition coefficient (Wildman–Crippen LogP) is 2.64. The summed E-state index contributed by atoms with van der Waals surface area (Å²) >= 11 is 0. The highest BCUT2D eigenvalue weighted by Gasteiger charge is 2.20. The Labute approximate surface area is 117 Å². The van der Waals surface area contributed by atoms with E-state index in [0.717, 1.165) is 43.1 Å². The predicted molar refractivity (Wildman–Crippen MR) is 77.8 cm³/mol. The van der Waals surface area contributed by atoms with Crippen LogP contribution in [-0.4, -0.2) is 23.2 Å².